The Labute approximate surface area is 256 Å². The summed E-state index contributed by atoms with van der Waals surface area (Å²) in [6.45, 7) is 0.332. The van der Waals surface area contributed by atoms with Gasteiger partial charge in [-0.1, -0.05) is 36.4 Å². The highest BCUT2D eigenvalue weighted by Crippen LogP contribution is 2.63. The van der Waals surface area contributed by atoms with Gasteiger partial charge in [-0.2, -0.15) is 0 Å². The molecule has 1 fully saturated rings. The van der Waals surface area contributed by atoms with Gasteiger partial charge in [0.05, 0.1) is 19.3 Å². The third-order valence-corrected chi connectivity index (χ3v) is 12.0. The summed E-state index contributed by atoms with van der Waals surface area (Å²) in [5.41, 5.74) is 9.88. The molecule has 222 valence electrons. The van der Waals surface area contributed by atoms with E-state index in [1.165, 1.54) is 104 Å². The highest BCUT2D eigenvalue weighted by molar-refractivity contribution is 6.51. The second-order valence-corrected chi connectivity index (χ2v) is 14.0. The van der Waals surface area contributed by atoms with Gasteiger partial charge in [0.25, 0.3) is 0 Å². The molecule has 3 unspecified atom stereocenters. The predicted octanol–water partition coefficient (Wildman–Crippen LogP) is 4.84. The monoisotopic (exact) mass is 595 g/mol. The summed E-state index contributed by atoms with van der Waals surface area (Å²) in [6.07, 6.45) is -1.10. The molecule has 12 rings (SSSR count). The standard InChI is InChI=1S/C38H29NO6/c40-13-22-35(41)36(42)37(43)38(45-22)44-8-7-39-20-5-3-16-11-18-9-14-1-2-15-10-19-12-17-4-6-21(39)30-24(17)28(19)32-26(15)25(14)31-27(18)23(16)29(20)33(30)34(31)32/h1-5,9-10,21-22,35-38,40-43H,6-8,11-13H2/t21?,22?,35-,36-,37?,38+/m0/s1. The van der Waals surface area contributed by atoms with E-state index in [4.69, 9.17) is 9.47 Å². The number of aliphatic hydroxyl groups excluding tert-OH is 4. The summed E-state index contributed by atoms with van der Waals surface area (Å²) >= 11 is 0. The van der Waals surface area contributed by atoms with Crippen LogP contribution in [0.4, 0.5) is 5.69 Å². The van der Waals surface area contributed by atoms with E-state index in [0.717, 1.165) is 19.3 Å². The largest absolute Gasteiger partial charge is 0.394 e. The maximum absolute atomic E-state index is 10.6. The van der Waals surface area contributed by atoms with Crippen molar-refractivity contribution in [2.75, 3.05) is 24.7 Å². The number of allylic oxidation sites excluding steroid dienone is 1. The fourth-order valence-corrected chi connectivity index (χ4v) is 10.4. The maximum atomic E-state index is 10.6. The van der Waals surface area contributed by atoms with Crippen LogP contribution in [0.2, 0.25) is 0 Å². The van der Waals surface area contributed by atoms with E-state index in [0.29, 0.717) is 6.54 Å². The highest BCUT2D eigenvalue weighted by Gasteiger charge is 2.45. The van der Waals surface area contributed by atoms with Crippen LogP contribution in [0.5, 0.6) is 0 Å². The Morgan fingerprint density at radius 1 is 0.733 bits per heavy atom. The van der Waals surface area contributed by atoms with Crippen molar-refractivity contribution >= 4 is 75.9 Å². The first-order valence-electron chi connectivity index (χ1n) is 16.2. The van der Waals surface area contributed by atoms with Crippen molar-refractivity contribution in [1.82, 2.24) is 0 Å². The van der Waals surface area contributed by atoms with Crippen molar-refractivity contribution in [3.63, 3.8) is 0 Å². The number of nitrogens with zero attached hydrogens (tertiary/aromatic N) is 1. The number of aliphatic hydroxyl groups is 4. The van der Waals surface area contributed by atoms with Crippen LogP contribution < -0.4 is 4.90 Å². The molecular formula is C38H29NO6. The molecule has 0 aromatic heterocycles. The van der Waals surface area contributed by atoms with Crippen molar-refractivity contribution in [2.45, 2.75) is 56.0 Å². The fourth-order valence-electron chi connectivity index (χ4n) is 10.4. The van der Waals surface area contributed by atoms with E-state index in [2.05, 4.69) is 47.4 Å². The van der Waals surface area contributed by atoms with Crippen molar-refractivity contribution in [2.24, 2.45) is 0 Å². The minimum absolute atomic E-state index is 0.148. The summed E-state index contributed by atoms with van der Waals surface area (Å²) in [5.74, 6) is 0. The van der Waals surface area contributed by atoms with Crippen LogP contribution in [0.15, 0.2) is 42.5 Å². The van der Waals surface area contributed by atoms with Gasteiger partial charge >= 0.3 is 0 Å². The zero-order valence-electron chi connectivity index (χ0n) is 24.3. The van der Waals surface area contributed by atoms with Gasteiger partial charge in [-0.25, -0.2) is 0 Å². The molecule has 45 heavy (non-hydrogen) atoms. The van der Waals surface area contributed by atoms with Gasteiger partial charge in [-0.05, 0) is 118 Å². The molecule has 1 saturated heterocycles. The molecule has 0 amide bonds. The molecule has 7 heteroatoms. The minimum atomic E-state index is -1.46. The zero-order chi connectivity index (χ0) is 29.6. The zero-order valence-corrected chi connectivity index (χ0v) is 24.3. The van der Waals surface area contributed by atoms with Crippen molar-refractivity contribution < 1.29 is 29.9 Å². The molecule has 5 aliphatic rings. The van der Waals surface area contributed by atoms with Crippen LogP contribution in [0, 0.1) is 0 Å². The van der Waals surface area contributed by atoms with Crippen LogP contribution >= 0.6 is 0 Å². The Morgan fingerprint density at radius 2 is 1.47 bits per heavy atom. The number of hydrogen-bond acceptors (Lipinski definition) is 7. The lowest BCUT2D eigenvalue weighted by molar-refractivity contribution is -0.300. The van der Waals surface area contributed by atoms with Gasteiger partial charge in [-0.15, -0.1) is 0 Å². The Balaban J connectivity index is 1.11. The molecule has 6 atom stereocenters. The van der Waals surface area contributed by atoms with Gasteiger partial charge in [-0.3, -0.25) is 0 Å². The van der Waals surface area contributed by atoms with E-state index < -0.39 is 37.3 Å². The lowest BCUT2D eigenvalue weighted by Gasteiger charge is -2.43. The van der Waals surface area contributed by atoms with Crippen LogP contribution in [0.25, 0.3) is 70.2 Å². The Hall–Kier alpha value is -3.82. The SMILES string of the molecule is OCC1O[C@@H](OCCN2c3ccc4c5c3c3c6c7c8c(cc9ccc%10cc(c5c5c%10c9c8c35)C4)CC7=CCC62)C(O)[C@@H](O)[C@H]1O. The van der Waals surface area contributed by atoms with Gasteiger partial charge in [0.1, 0.15) is 24.4 Å². The molecular weight excluding hydrogens is 566 g/mol. The molecule has 2 aliphatic heterocycles. The number of hydrogen-bond donors (Lipinski definition) is 4. The van der Waals surface area contributed by atoms with E-state index in [1.54, 1.807) is 0 Å². The van der Waals surface area contributed by atoms with Crippen molar-refractivity contribution in [3.8, 4) is 0 Å². The van der Waals surface area contributed by atoms with E-state index in [-0.39, 0.29) is 12.6 Å². The average molecular weight is 596 g/mol. The molecule has 0 spiro atoms. The van der Waals surface area contributed by atoms with Crippen LogP contribution in [0.3, 0.4) is 0 Å². The van der Waals surface area contributed by atoms with Crippen LogP contribution in [-0.4, -0.2) is 70.9 Å². The van der Waals surface area contributed by atoms with Crippen LogP contribution in [0.1, 0.15) is 40.3 Å². The highest BCUT2D eigenvalue weighted by atomic mass is 16.7. The number of anilines is 1. The smallest absolute Gasteiger partial charge is 0.186 e. The molecule has 7 aromatic carbocycles. The molecule has 2 heterocycles. The maximum Gasteiger partial charge on any atom is 0.186 e. The lowest BCUT2D eigenvalue weighted by atomic mass is 9.77. The molecule has 0 radical (unpaired) electrons. The average Bonchev–Trinajstić information content (AvgIpc) is 3.73. The quantitative estimate of drug-likeness (QED) is 0.211. The molecule has 7 aromatic rings. The molecule has 3 aliphatic carbocycles. The third kappa shape index (κ3) is 2.56. The molecule has 0 saturated carbocycles. The Bertz CT molecular complexity index is 2500. The first kappa shape index (κ1) is 24.4. The molecule has 0 bridgehead atoms. The number of ether oxygens (including phenoxy) is 2. The Kier molecular flexibility index (Phi) is 4.21. The van der Waals surface area contributed by atoms with Crippen LogP contribution in [-0.2, 0) is 22.3 Å². The van der Waals surface area contributed by atoms with Crippen molar-refractivity contribution in [1.29, 1.82) is 0 Å². The van der Waals surface area contributed by atoms with Crippen molar-refractivity contribution in [3.05, 3.63) is 70.3 Å². The number of benzene rings is 6. The number of rotatable bonds is 5. The predicted molar refractivity (Wildman–Crippen MR) is 174 cm³/mol. The van der Waals surface area contributed by atoms with E-state index in [1.807, 2.05) is 0 Å². The van der Waals surface area contributed by atoms with E-state index >= 15 is 0 Å². The Morgan fingerprint density at radius 3 is 2.27 bits per heavy atom. The first-order valence-corrected chi connectivity index (χ1v) is 16.2. The summed E-state index contributed by atoms with van der Waals surface area (Å²) < 4.78 is 11.7. The van der Waals surface area contributed by atoms with Gasteiger partial charge in [0, 0.05) is 17.6 Å². The topological polar surface area (TPSA) is 103 Å². The van der Waals surface area contributed by atoms with E-state index in [9.17, 15) is 20.4 Å². The first-order chi connectivity index (χ1) is 22.0. The van der Waals surface area contributed by atoms with Gasteiger partial charge in [0.2, 0.25) is 0 Å². The third-order valence-electron chi connectivity index (χ3n) is 12.0. The van der Waals surface area contributed by atoms with Gasteiger partial charge in [0.15, 0.2) is 6.29 Å². The summed E-state index contributed by atoms with van der Waals surface area (Å²) in [6, 6.07) is 14.4. The minimum Gasteiger partial charge on any atom is -0.394 e. The van der Waals surface area contributed by atoms with Gasteiger partial charge < -0.3 is 34.8 Å². The second-order valence-electron chi connectivity index (χ2n) is 14.0. The summed E-state index contributed by atoms with van der Waals surface area (Å²) in [4.78, 5) is 2.49. The second kappa shape index (κ2) is 7.76. The summed E-state index contributed by atoms with van der Waals surface area (Å²) in [5, 5.41) is 58.0. The summed E-state index contributed by atoms with van der Waals surface area (Å²) in [7, 11) is 0. The molecule has 4 N–H and O–H groups in total. The molecule has 7 nitrogen and oxygen atoms in total. The lowest BCUT2D eigenvalue weighted by Crippen LogP contribution is -2.59. The fraction of sp³-hybridized carbons (Fsp3) is 0.316. The normalized spacial score (nSPS) is 28.1.